The molecule has 0 N–H and O–H groups in total. The Morgan fingerprint density at radius 1 is 1.15 bits per heavy atom. The highest BCUT2D eigenvalue weighted by Crippen LogP contribution is 2.22. The highest BCUT2D eigenvalue weighted by atomic mass is 16.5. The third-order valence-corrected chi connectivity index (χ3v) is 4.25. The van der Waals surface area contributed by atoms with E-state index >= 15 is 0 Å². The Morgan fingerprint density at radius 2 is 1.90 bits per heavy atom. The fraction of sp³-hybridized carbons (Fsp3) is 0.600. The largest absolute Gasteiger partial charge is 0.379 e. The van der Waals surface area contributed by atoms with E-state index in [1.165, 1.54) is 12.8 Å². The van der Waals surface area contributed by atoms with Crippen LogP contribution in [0.25, 0.3) is 0 Å². The average molecular weight is 272 g/mol. The van der Waals surface area contributed by atoms with Crippen LogP contribution in [-0.4, -0.2) is 55.3 Å². The average Bonchev–Trinajstić information content (AvgIpc) is 2.56. The van der Waals surface area contributed by atoms with Crippen LogP contribution in [0.3, 0.4) is 0 Å². The van der Waals surface area contributed by atoms with Gasteiger partial charge < -0.3 is 9.64 Å². The van der Waals surface area contributed by atoms with Gasteiger partial charge in [-0.15, -0.1) is 0 Å². The van der Waals surface area contributed by atoms with Crippen LogP contribution < -0.4 is 4.90 Å². The van der Waals surface area contributed by atoms with Gasteiger partial charge in [-0.2, -0.15) is 5.26 Å². The van der Waals surface area contributed by atoms with Crippen molar-refractivity contribution in [2.24, 2.45) is 0 Å². The molecule has 2 aliphatic rings. The number of nitriles is 1. The van der Waals surface area contributed by atoms with Crippen LogP contribution in [0, 0.1) is 11.3 Å². The molecule has 0 spiro atoms. The minimum Gasteiger partial charge on any atom is -0.379 e. The molecule has 0 aliphatic carbocycles. The van der Waals surface area contributed by atoms with Crippen molar-refractivity contribution in [2.45, 2.75) is 18.9 Å². The van der Waals surface area contributed by atoms with Crippen molar-refractivity contribution in [3.05, 3.63) is 24.0 Å². The maximum absolute atomic E-state index is 8.78. The Labute approximate surface area is 119 Å². The smallest absolute Gasteiger partial charge is 0.140 e. The topological polar surface area (TPSA) is 52.4 Å². The molecule has 20 heavy (non-hydrogen) atoms. The number of aromatic nitrogens is 1. The third kappa shape index (κ3) is 2.92. The Balaban J connectivity index is 1.56. The van der Waals surface area contributed by atoms with Crippen LogP contribution >= 0.6 is 0 Å². The Kier molecular flexibility index (Phi) is 4.14. The number of hydrogen-bond acceptors (Lipinski definition) is 5. The lowest BCUT2D eigenvalue weighted by molar-refractivity contribution is 0.0115. The number of ether oxygens (including phenoxy) is 1. The Morgan fingerprint density at radius 3 is 2.50 bits per heavy atom. The molecule has 5 nitrogen and oxygen atoms in total. The lowest BCUT2D eigenvalue weighted by Crippen LogP contribution is -2.49. The molecular formula is C15H20N4O. The number of morpholine rings is 1. The standard InChI is InChI=1S/C15H20N4O/c16-11-13-1-2-15(12-17-13)18-5-3-14(4-6-18)19-7-9-20-10-8-19/h1-2,12,14H,3-10H2. The predicted octanol–water partition coefficient (Wildman–Crippen LogP) is 1.25. The molecule has 0 saturated carbocycles. The number of nitrogens with zero attached hydrogens (tertiary/aromatic N) is 4. The van der Waals surface area contributed by atoms with Gasteiger partial charge in [-0.25, -0.2) is 4.98 Å². The van der Waals surface area contributed by atoms with E-state index in [9.17, 15) is 0 Å². The van der Waals surface area contributed by atoms with E-state index in [1.807, 2.05) is 12.3 Å². The molecule has 1 aromatic rings. The molecule has 0 atom stereocenters. The molecule has 0 amide bonds. The van der Waals surface area contributed by atoms with Crippen molar-refractivity contribution >= 4 is 5.69 Å². The lowest BCUT2D eigenvalue weighted by atomic mass is 10.0. The summed E-state index contributed by atoms with van der Waals surface area (Å²) in [6.45, 7) is 6.02. The molecule has 0 aromatic carbocycles. The lowest BCUT2D eigenvalue weighted by Gasteiger charge is -2.40. The summed E-state index contributed by atoms with van der Waals surface area (Å²) in [5, 5.41) is 8.78. The van der Waals surface area contributed by atoms with Crippen LogP contribution in [-0.2, 0) is 4.74 Å². The van der Waals surface area contributed by atoms with Gasteiger partial charge in [-0.1, -0.05) is 0 Å². The van der Waals surface area contributed by atoms with Crippen molar-refractivity contribution in [1.82, 2.24) is 9.88 Å². The molecule has 2 fully saturated rings. The number of rotatable bonds is 2. The molecule has 1 aromatic heterocycles. The molecule has 0 bridgehead atoms. The zero-order valence-corrected chi connectivity index (χ0v) is 11.7. The SMILES string of the molecule is N#Cc1ccc(N2CCC(N3CCOCC3)CC2)cn1. The molecule has 2 aliphatic heterocycles. The second-order valence-corrected chi connectivity index (χ2v) is 5.38. The van der Waals surface area contributed by atoms with Gasteiger partial charge in [0.25, 0.3) is 0 Å². The van der Waals surface area contributed by atoms with Gasteiger partial charge in [0.15, 0.2) is 0 Å². The minimum absolute atomic E-state index is 0.483. The van der Waals surface area contributed by atoms with Gasteiger partial charge in [0, 0.05) is 32.2 Å². The summed E-state index contributed by atoms with van der Waals surface area (Å²) in [5.74, 6) is 0. The van der Waals surface area contributed by atoms with E-state index in [0.29, 0.717) is 11.7 Å². The molecular weight excluding hydrogens is 252 g/mol. The summed E-state index contributed by atoms with van der Waals surface area (Å²) in [4.78, 5) is 9.09. The molecule has 3 heterocycles. The van der Waals surface area contributed by atoms with Crippen molar-refractivity contribution in [3.8, 4) is 6.07 Å². The van der Waals surface area contributed by atoms with Crippen LogP contribution in [0.5, 0.6) is 0 Å². The van der Waals surface area contributed by atoms with Crippen molar-refractivity contribution in [3.63, 3.8) is 0 Å². The number of piperidine rings is 1. The monoisotopic (exact) mass is 272 g/mol. The van der Waals surface area contributed by atoms with E-state index in [-0.39, 0.29) is 0 Å². The fourth-order valence-corrected chi connectivity index (χ4v) is 3.07. The maximum Gasteiger partial charge on any atom is 0.140 e. The molecule has 106 valence electrons. The first-order valence-corrected chi connectivity index (χ1v) is 7.30. The van der Waals surface area contributed by atoms with Crippen molar-refractivity contribution in [1.29, 1.82) is 5.26 Å². The van der Waals surface area contributed by atoms with E-state index in [2.05, 4.69) is 20.9 Å². The summed E-state index contributed by atoms with van der Waals surface area (Å²) in [6, 6.07) is 6.55. The molecule has 5 heteroatoms. The summed E-state index contributed by atoms with van der Waals surface area (Å²) < 4.78 is 5.42. The first-order chi connectivity index (χ1) is 9.86. The van der Waals surface area contributed by atoms with Crippen molar-refractivity contribution < 1.29 is 4.74 Å². The zero-order chi connectivity index (χ0) is 13.8. The predicted molar refractivity (Wildman–Crippen MR) is 76.6 cm³/mol. The Bertz CT molecular complexity index is 468. The highest BCUT2D eigenvalue weighted by molar-refractivity contribution is 5.46. The van der Waals surface area contributed by atoms with Crippen LogP contribution in [0.1, 0.15) is 18.5 Å². The quantitative estimate of drug-likeness (QED) is 0.811. The molecule has 0 unspecified atom stereocenters. The molecule has 2 saturated heterocycles. The van der Waals surface area contributed by atoms with Gasteiger partial charge >= 0.3 is 0 Å². The number of pyridine rings is 1. The maximum atomic E-state index is 8.78. The van der Waals surface area contributed by atoms with Crippen LogP contribution in [0.4, 0.5) is 5.69 Å². The molecule has 3 rings (SSSR count). The van der Waals surface area contributed by atoms with Crippen molar-refractivity contribution in [2.75, 3.05) is 44.3 Å². The summed E-state index contributed by atoms with van der Waals surface area (Å²) >= 11 is 0. The number of anilines is 1. The van der Waals surface area contributed by atoms with E-state index < -0.39 is 0 Å². The normalized spacial score (nSPS) is 21.6. The highest BCUT2D eigenvalue weighted by Gasteiger charge is 2.25. The fourth-order valence-electron chi connectivity index (χ4n) is 3.07. The van der Waals surface area contributed by atoms with Gasteiger partial charge in [-0.3, -0.25) is 4.90 Å². The summed E-state index contributed by atoms with van der Waals surface area (Å²) in [7, 11) is 0. The van der Waals surface area contributed by atoms with Gasteiger partial charge in [0.2, 0.25) is 0 Å². The van der Waals surface area contributed by atoms with Crippen LogP contribution in [0.2, 0.25) is 0 Å². The van der Waals surface area contributed by atoms with Gasteiger partial charge in [0.05, 0.1) is 25.1 Å². The third-order valence-electron chi connectivity index (χ3n) is 4.25. The van der Waals surface area contributed by atoms with E-state index in [1.54, 1.807) is 6.07 Å². The molecule has 0 radical (unpaired) electrons. The number of hydrogen-bond donors (Lipinski definition) is 0. The zero-order valence-electron chi connectivity index (χ0n) is 11.7. The van der Waals surface area contributed by atoms with E-state index in [0.717, 1.165) is 45.1 Å². The van der Waals surface area contributed by atoms with E-state index in [4.69, 9.17) is 10.00 Å². The van der Waals surface area contributed by atoms with Gasteiger partial charge in [-0.05, 0) is 25.0 Å². The summed E-state index contributed by atoms with van der Waals surface area (Å²) in [5.41, 5.74) is 1.61. The Hall–Kier alpha value is -1.64. The second-order valence-electron chi connectivity index (χ2n) is 5.38. The second kappa shape index (κ2) is 6.21. The summed E-state index contributed by atoms with van der Waals surface area (Å²) in [6.07, 6.45) is 4.20. The minimum atomic E-state index is 0.483. The first-order valence-electron chi connectivity index (χ1n) is 7.30. The van der Waals surface area contributed by atoms with Gasteiger partial charge in [0.1, 0.15) is 11.8 Å². The first kappa shape index (κ1) is 13.3. The van der Waals surface area contributed by atoms with Crippen LogP contribution in [0.15, 0.2) is 18.3 Å².